The molecule has 7 nitrogen and oxygen atoms in total. The quantitative estimate of drug-likeness (QED) is 0.266. The Balaban J connectivity index is 1.46. The van der Waals surface area contributed by atoms with Crippen LogP contribution in [0.3, 0.4) is 0 Å². The highest BCUT2D eigenvalue weighted by Gasteiger charge is 2.36. The lowest BCUT2D eigenvalue weighted by Crippen LogP contribution is -2.36. The third-order valence-electron chi connectivity index (χ3n) is 5.56. The Labute approximate surface area is 214 Å². The van der Waals surface area contributed by atoms with Crippen LogP contribution < -0.4 is 14.8 Å². The fraction of sp³-hybridized carbons (Fsp3) is 0.250. The predicted octanol–water partition coefficient (Wildman–Crippen LogP) is 6.09. The number of nitrogens with one attached hydrogen (secondary N) is 1. The second-order valence-electron chi connectivity index (χ2n) is 8.18. The Kier molecular flexibility index (Phi) is 8.28. The number of rotatable bonds is 10. The molecule has 0 saturated carbocycles. The van der Waals surface area contributed by atoms with Gasteiger partial charge in [0.05, 0.1) is 18.1 Å². The average molecular weight is 505 g/mol. The molecule has 36 heavy (non-hydrogen) atoms. The molecule has 0 bridgehead atoms. The third kappa shape index (κ3) is 5.88. The normalized spacial score (nSPS) is 14.5. The second kappa shape index (κ2) is 11.8. The second-order valence-corrected chi connectivity index (χ2v) is 9.18. The standard InChI is InChI=1S/C28H28N2O5S/c1-3-5-15-35-23-14-13-19(16-24(23)34-4-2)17-25-27(32)30(28(33)36-25)18-26(31)29-22-12-8-10-20-9-6-7-11-21(20)22/h6-14,16-17H,3-5,15,18H2,1-2H3,(H,29,31)/b25-17-. The van der Waals surface area contributed by atoms with Crippen LogP contribution in [-0.2, 0) is 9.59 Å². The van der Waals surface area contributed by atoms with Crippen LogP contribution in [0.25, 0.3) is 16.8 Å². The fourth-order valence-corrected chi connectivity index (χ4v) is 4.62. The summed E-state index contributed by atoms with van der Waals surface area (Å²) < 4.78 is 11.5. The Hall–Kier alpha value is -3.78. The Bertz CT molecular complexity index is 1320. The number of thioether (sulfide) groups is 1. The third-order valence-corrected chi connectivity index (χ3v) is 6.47. The Morgan fingerprint density at radius 3 is 2.61 bits per heavy atom. The van der Waals surface area contributed by atoms with Crippen LogP contribution in [0.2, 0.25) is 0 Å². The minimum atomic E-state index is -0.501. The van der Waals surface area contributed by atoms with E-state index in [1.165, 1.54) is 0 Å². The van der Waals surface area contributed by atoms with E-state index in [-0.39, 0.29) is 11.4 Å². The highest BCUT2D eigenvalue weighted by Crippen LogP contribution is 2.35. The topological polar surface area (TPSA) is 84.9 Å². The molecule has 4 rings (SSSR count). The van der Waals surface area contributed by atoms with Gasteiger partial charge in [0.2, 0.25) is 5.91 Å². The molecule has 0 spiro atoms. The number of nitrogens with zero attached hydrogens (tertiary/aromatic N) is 1. The van der Waals surface area contributed by atoms with Crippen LogP contribution in [0.5, 0.6) is 11.5 Å². The first-order chi connectivity index (χ1) is 17.5. The summed E-state index contributed by atoms with van der Waals surface area (Å²) in [6, 6.07) is 18.7. The molecule has 8 heteroatoms. The van der Waals surface area contributed by atoms with Crippen molar-refractivity contribution >= 4 is 51.4 Å². The van der Waals surface area contributed by atoms with E-state index in [2.05, 4.69) is 12.2 Å². The van der Waals surface area contributed by atoms with Gasteiger partial charge in [0, 0.05) is 11.1 Å². The van der Waals surface area contributed by atoms with Crippen molar-refractivity contribution in [3.63, 3.8) is 0 Å². The number of carbonyl (C=O) groups is 3. The number of anilines is 1. The largest absolute Gasteiger partial charge is 0.490 e. The molecule has 1 fully saturated rings. The molecule has 1 heterocycles. The summed E-state index contributed by atoms with van der Waals surface area (Å²) in [7, 11) is 0. The van der Waals surface area contributed by atoms with E-state index >= 15 is 0 Å². The Morgan fingerprint density at radius 2 is 1.81 bits per heavy atom. The lowest BCUT2D eigenvalue weighted by Gasteiger charge is -2.14. The summed E-state index contributed by atoms with van der Waals surface area (Å²) in [6.45, 7) is 4.68. The highest BCUT2D eigenvalue weighted by molar-refractivity contribution is 8.18. The molecule has 0 unspecified atom stereocenters. The van der Waals surface area contributed by atoms with Crippen molar-refractivity contribution < 1.29 is 23.9 Å². The zero-order valence-corrected chi connectivity index (χ0v) is 21.1. The molecule has 0 aromatic heterocycles. The minimum absolute atomic E-state index is 0.250. The van der Waals surface area contributed by atoms with Crippen LogP contribution >= 0.6 is 11.8 Å². The molecule has 1 N–H and O–H groups in total. The highest BCUT2D eigenvalue weighted by atomic mass is 32.2. The first-order valence-corrected chi connectivity index (χ1v) is 12.7. The van der Waals surface area contributed by atoms with Gasteiger partial charge in [0.15, 0.2) is 11.5 Å². The van der Waals surface area contributed by atoms with E-state index in [0.29, 0.717) is 36.0 Å². The van der Waals surface area contributed by atoms with Gasteiger partial charge in [-0.25, -0.2) is 0 Å². The predicted molar refractivity (Wildman–Crippen MR) is 143 cm³/mol. The van der Waals surface area contributed by atoms with Crippen molar-refractivity contribution in [1.29, 1.82) is 0 Å². The first-order valence-electron chi connectivity index (χ1n) is 11.9. The van der Waals surface area contributed by atoms with Crippen molar-refractivity contribution in [3.05, 3.63) is 71.1 Å². The Morgan fingerprint density at radius 1 is 1.00 bits per heavy atom. The number of benzene rings is 3. The van der Waals surface area contributed by atoms with Gasteiger partial charge >= 0.3 is 0 Å². The number of ether oxygens (including phenoxy) is 2. The lowest BCUT2D eigenvalue weighted by molar-refractivity contribution is -0.127. The van der Waals surface area contributed by atoms with Gasteiger partial charge in [-0.3, -0.25) is 19.3 Å². The van der Waals surface area contributed by atoms with Gasteiger partial charge in [-0.1, -0.05) is 55.8 Å². The zero-order valence-electron chi connectivity index (χ0n) is 20.3. The van der Waals surface area contributed by atoms with Crippen LogP contribution in [-0.4, -0.2) is 41.7 Å². The maximum atomic E-state index is 13.0. The number of imide groups is 1. The van der Waals surface area contributed by atoms with Crippen molar-refractivity contribution in [2.75, 3.05) is 25.1 Å². The maximum absolute atomic E-state index is 13.0. The number of unbranched alkanes of at least 4 members (excludes halogenated alkanes) is 1. The molecule has 1 saturated heterocycles. The minimum Gasteiger partial charge on any atom is -0.490 e. The van der Waals surface area contributed by atoms with Crippen molar-refractivity contribution in [2.45, 2.75) is 26.7 Å². The summed E-state index contributed by atoms with van der Waals surface area (Å²) in [6.07, 6.45) is 3.60. The first kappa shape index (κ1) is 25.3. The van der Waals surface area contributed by atoms with E-state index in [1.807, 2.05) is 49.4 Å². The maximum Gasteiger partial charge on any atom is 0.294 e. The van der Waals surface area contributed by atoms with Gasteiger partial charge in [-0.2, -0.15) is 0 Å². The number of carbonyl (C=O) groups excluding carboxylic acids is 3. The summed E-state index contributed by atoms with van der Waals surface area (Å²) in [5.41, 5.74) is 1.33. The van der Waals surface area contributed by atoms with Crippen LogP contribution in [0.1, 0.15) is 32.3 Å². The average Bonchev–Trinajstić information content (AvgIpc) is 3.13. The number of hydrogen-bond donors (Lipinski definition) is 1. The molecular formula is C28H28N2O5S. The molecule has 0 radical (unpaired) electrons. The SMILES string of the molecule is CCCCOc1ccc(/C=C2\SC(=O)N(CC(=O)Nc3cccc4ccccc34)C2=O)cc1OCC. The van der Waals surface area contributed by atoms with Gasteiger partial charge in [-0.15, -0.1) is 0 Å². The van der Waals surface area contributed by atoms with Gasteiger partial charge in [0.1, 0.15) is 6.54 Å². The number of fused-ring (bicyclic) bond motifs is 1. The van der Waals surface area contributed by atoms with Crippen molar-refractivity contribution in [3.8, 4) is 11.5 Å². The summed E-state index contributed by atoms with van der Waals surface area (Å²) in [5, 5.41) is 4.21. The summed E-state index contributed by atoms with van der Waals surface area (Å²) in [5.74, 6) is 0.276. The van der Waals surface area contributed by atoms with Gasteiger partial charge in [-0.05, 0) is 60.3 Å². The van der Waals surface area contributed by atoms with E-state index in [9.17, 15) is 14.4 Å². The summed E-state index contributed by atoms with van der Waals surface area (Å²) >= 11 is 0.814. The van der Waals surface area contributed by atoms with E-state index in [1.54, 1.807) is 24.3 Å². The molecule has 3 aromatic rings. The van der Waals surface area contributed by atoms with Gasteiger partial charge in [0.25, 0.3) is 11.1 Å². The molecule has 0 atom stereocenters. The van der Waals surface area contributed by atoms with E-state index in [4.69, 9.17) is 9.47 Å². The van der Waals surface area contributed by atoms with E-state index in [0.717, 1.165) is 40.3 Å². The molecule has 186 valence electrons. The van der Waals surface area contributed by atoms with Crippen LogP contribution in [0, 0.1) is 0 Å². The molecule has 0 aliphatic carbocycles. The van der Waals surface area contributed by atoms with Gasteiger partial charge < -0.3 is 14.8 Å². The summed E-state index contributed by atoms with van der Waals surface area (Å²) in [4.78, 5) is 39.4. The fourth-order valence-electron chi connectivity index (χ4n) is 3.78. The molecular weight excluding hydrogens is 476 g/mol. The molecule has 1 aliphatic heterocycles. The lowest BCUT2D eigenvalue weighted by atomic mass is 10.1. The van der Waals surface area contributed by atoms with Crippen molar-refractivity contribution in [2.24, 2.45) is 0 Å². The number of amides is 3. The number of hydrogen-bond acceptors (Lipinski definition) is 6. The van der Waals surface area contributed by atoms with Crippen molar-refractivity contribution in [1.82, 2.24) is 4.90 Å². The monoisotopic (exact) mass is 504 g/mol. The van der Waals surface area contributed by atoms with E-state index < -0.39 is 17.1 Å². The molecule has 3 amide bonds. The zero-order chi connectivity index (χ0) is 25.5. The van der Waals surface area contributed by atoms with Crippen LogP contribution in [0.15, 0.2) is 65.6 Å². The smallest absolute Gasteiger partial charge is 0.294 e. The molecule has 1 aliphatic rings. The molecule has 3 aromatic carbocycles. The van der Waals surface area contributed by atoms with Crippen LogP contribution in [0.4, 0.5) is 10.5 Å².